The average molecular weight is 427 g/mol. The van der Waals surface area contributed by atoms with Gasteiger partial charge in [0.15, 0.2) is 11.5 Å². The van der Waals surface area contributed by atoms with Crippen LogP contribution in [0.15, 0.2) is 54.7 Å². The SMILES string of the molecule is COc1ccc(CN2CCCn3cccc3[C@H]2c2cccc(Cl)c2)c(OC)c1OC. The molecule has 1 atom stereocenters. The van der Waals surface area contributed by atoms with Crippen molar-refractivity contribution in [3.63, 3.8) is 0 Å². The minimum atomic E-state index is 0.0963. The van der Waals surface area contributed by atoms with Gasteiger partial charge in [-0.05, 0) is 42.3 Å². The number of aryl methyl sites for hydroxylation is 1. The molecule has 0 bridgehead atoms. The zero-order valence-corrected chi connectivity index (χ0v) is 18.4. The Hall–Kier alpha value is -2.63. The number of methoxy groups -OCH3 is 3. The molecule has 2 heterocycles. The third-order valence-corrected chi connectivity index (χ3v) is 5.91. The summed E-state index contributed by atoms with van der Waals surface area (Å²) in [6, 6.07) is 16.6. The van der Waals surface area contributed by atoms with Gasteiger partial charge in [-0.1, -0.05) is 29.8 Å². The Kier molecular flexibility index (Phi) is 6.21. The van der Waals surface area contributed by atoms with Crippen LogP contribution in [-0.2, 0) is 13.1 Å². The fraction of sp³-hybridized carbons (Fsp3) is 0.333. The topological polar surface area (TPSA) is 35.9 Å². The van der Waals surface area contributed by atoms with E-state index in [1.54, 1.807) is 21.3 Å². The Morgan fingerprint density at radius 1 is 0.933 bits per heavy atom. The average Bonchev–Trinajstić information content (AvgIpc) is 3.14. The van der Waals surface area contributed by atoms with Gasteiger partial charge < -0.3 is 18.8 Å². The molecular formula is C24H27ClN2O3. The lowest BCUT2D eigenvalue weighted by Gasteiger charge is -2.31. The van der Waals surface area contributed by atoms with Crippen molar-refractivity contribution in [2.45, 2.75) is 25.6 Å². The summed E-state index contributed by atoms with van der Waals surface area (Å²) in [5.41, 5.74) is 3.51. The number of hydrogen-bond donors (Lipinski definition) is 0. The van der Waals surface area contributed by atoms with Crippen molar-refractivity contribution in [1.29, 1.82) is 0 Å². The maximum absolute atomic E-state index is 6.36. The molecule has 1 aliphatic heterocycles. The molecule has 4 rings (SSSR count). The Labute approximate surface area is 182 Å². The maximum atomic E-state index is 6.36. The van der Waals surface area contributed by atoms with Gasteiger partial charge in [-0.25, -0.2) is 0 Å². The Balaban J connectivity index is 1.77. The molecule has 2 aromatic carbocycles. The molecular weight excluding hydrogens is 400 g/mol. The van der Waals surface area contributed by atoms with Crippen LogP contribution >= 0.6 is 11.6 Å². The monoisotopic (exact) mass is 426 g/mol. The summed E-state index contributed by atoms with van der Waals surface area (Å²) in [6.07, 6.45) is 3.22. The van der Waals surface area contributed by atoms with Gasteiger partial charge in [-0.2, -0.15) is 0 Å². The van der Waals surface area contributed by atoms with Gasteiger partial charge in [0, 0.05) is 42.1 Å². The second-order valence-electron chi connectivity index (χ2n) is 7.40. The van der Waals surface area contributed by atoms with Crippen LogP contribution in [0.2, 0.25) is 5.02 Å². The number of nitrogens with zero attached hydrogens (tertiary/aromatic N) is 2. The number of ether oxygens (including phenoxy) is 3. The molecule has 0 saturated carbocycles. The smallest absolute Gasteiger partial charge is 0.203 e. The van der Waals surface area contributed by atoms with Crippen molar-refractivity contribution in [2.24, 2.45) is 0 Å². The highest BCUT2D eigenvalue weighted by Crippen LogP contribution is 2.42. The molecule has 0 unspecified atom stereocenters. The predicted octanol–water partition coefficient (Wildman–Crippen LogP) is 5.16. The first-order chi connectivity index (χ1) is 14.7. The lowest BCUT2D eigenvalue weighted by molar-refractivity contribution is 0.216. The van der Waals surface area contributed by atoms with Crippen LogP contribution in [0, 0.1) is 0 Å². The van der Waals surface area contributed by atoms with Gasteiger partial charge in [0.2, 0.25) is 5.75 Å². The maximum Gasteiger partial charge on any atom is 0.203 e. The molecule has 30 heavy (non-hydrogen) atoms. The second kappa shape index (κ2) is 9.02. The fourth-order valence-electron chi connectivity index (χ4n) is 4.37. The molecule has 0 saturated heterocycles. The molecule has 3 aromatic rings. The van der Waals surface area contributed by atoms with Crippen LogP contribution in [0.5, 0.6) is 17.2 Å². The van der Waals surface area contributed by atoms with E-state index >= 15 is 0 Å². The molecule has 0 spiro atoms. The normalized spacial score (nSPS) is 16.6. The Morgan fingerprint density at radius 2 is 1.77 bits per heavy atom. The summed E-state index contributed by atoms with van der Waals surface area (Å²) in [5, 5.41) is 0.749. The summed E-state index contributed by atoms with van der Waals surface area (Å²) in [6.45, 7) is 2.67. The molecule has 5 nitrogen and oxygen atoms in total. The lowest BCUT2D eigenvalue weighted by atomic mass is 10.0. The van der Waals surface area contributed by atoms with Crippen molar-refractivity contribution >= 4 is 11.6 Å². The number of halogens is 1. The number of fused-ring (bicyclic) bond motifs is 1. The van der Waals surface area contributed by atoms with Crippen molar-refractivity contribution in [2.75, 3.05) is 27.9 Å². The van der Waals surface area contributed by atoms with E-state index in [0.717, 1.165) is 30.1 Å². The van der Waals surface area contributed by atoms with Crippen molar-refractivity contribution in [1.82, 2.24) is 9.47 Å². The second-order valence-corrected chi connectivity index (χ2v) is 7.84. The third kappa shape index (κ3) is 3.87. The molecule has 0 aliphatic carbocycles. The first-order valence-corrected chi connectivity index (χ1v) is 10.5. The van der Waals surface area contributed by atoms with Gasteiger partial charge >= 0.3 is 0 Å². The van der Waals surface area contributed by atoms with E-state index in [1.165, 1.54) is 11.3 Å². The highest BCUT2D eigenvalue weighted by atomic mass is 35.5. The van der Waals surface area contributed by atoms with Crippen LogP contribution in [-0.4, -0.2) is 37.3 Å². The zero-order valence-electron chi connectivity index (χ0n) is 17.6. The zero-order chi connectivity index (χ0) is 21.1. The van der Waals surface area contributed by atoms with Crippen LogP contribution in [0.1, 0.15) is 29.3 Å². The minimum absolute atomic E-state index is 0.0963. The Morgan fingerprint density at radius 3 is 2.50 bits per heavy atom. The summed E-state index contributed by atoms with van der Waals surface area (Å²) in [5.74, 6) is 1.99. The van der Waals surface area contributed by atoms with E-state index in [-0.39, 0.29) is 6.04 Å². The molecule has 0 N–H and O–H groups in total. The summed E-state index contributed by atoms with van der Waals surface area (Å²) < 4.78 is 19.1. The number of benzene rings is 2. The highest BCUT2D eigenvalue weighted by Gasteiger charge is 2.29. The molecule has 6 heteroatoms. The molecule has 1 aliphatic rings. The van der Waals surface area contributed by atoms with E-state index in [4.69, 9.17) is 25.8 Å². The minimum Gasteiger partial charge on any atom is -0.493 e. The summed E-state index contributed by atoms with van der Waals surface area (Å²) in [4.78, 5) is 2.48. The van der Waals surface area contributed by atoms with E-state index in [9.17, 15) is 0 Å². The van der Waals surface area contributed by atoms with Gasteiger partial charge in [-0.15, -0.1) is 0 Å². The molecule has 0 fully saturated rings. The molecule has 0 radical (unpaired) electrons. The van der Waals surface area contributed by atoms with Crippen LogP contribution in [0.4, 0.5) is 0 Å². The largest absolute Gasteiger partial charge is 0.493 e. The first kappa shape index (κ1) is 20.6. The van der Waals surface area contributed by atoms with E-state index < -0.39 is 0 Å². The lowest BCUT2D eigenvalue weighted by Crippen LogP contribution is -2.29. The highest BCUT2D eigenvalue weighted by molar-refractivity contribution is 6.30. The molecule has 158 valence electrons. The molecule has 1 aromatic heterocycles. The fourth-order valence-corrected chi connectivity index (χ4v) is 4.57. The standard InChI is InChI=1S/C24H27ClN2O3/c1-28-21-11-10-18(23(29-2)24(21)30-3)16-27-14-6-13-26-12-5-9-20(26)22(27)17-7-4-8-19(25)15-17/h4-5,7-12,15,22H,6,13-14,16H2,1-3H3/t22-/m1/s1. The van der Waals surface area contributed by atoms with Crippen molar-refractivity contribution in [3.8, 4) is 17.2 Å². The summed E-state index contributed by atoms with van der Waals surface area (Å²) >= 11 is 6.36. The van der Waals surface area contributed by atoms with E-state index in [2.05, 4.69) is 46.0 Å². The number of hydrogen-bond acceptors (Lipinski definition) is 4. The van der Waals surface area contributed by atoms with Gasteiger partial charge in [0.25, 0.3) is 0 Å². The quantitative estimate of drug-likeness (QED) is 0.545. The van der Waals surface area contributed by atoms with E-state index in [1.807, 2.05) is 18.2 Å². The van der Waals surface area contributed by atoms with Crippen LogP contribution in [0.25, 0.3) is 0 Å². The Bertz CT molecular complexity index is 1020. The van der Waals surface area contributed by atoms with Crippen LogP contribution in [0.3, 0.4) is 0 Å². The van der Waals surface area contributed by atoms with Crippen molar-refractivity contribution in [3.05, 3.63) is 76.6 Å². The summed E-state index contributed by atoms with van der Waals surface area (Å²) in [7, 11) is 4.94. The number of aromatic nitrogens is 1. The van der Waals surface area contributed by atoms with Gasteiger partial charge in [0.1, 0.15) is 0 Å². The molecule has 0 amide bonds. The van der Waals surface area contributed by atoms with Gasteiger partial charge in [0.05, 0.1) is 27.4 Å². The van der Waals surface area contributed by atoms with Crippen molar-refractivity contribution < 1.29 is 14.2 Å². The van der Waals surface area contributed by atoms with Crippen LogP contribution < -0.4 is 14.2 Å². The first-order valence-electron chi connectivity index (χ1n) is 10.1. The van der Waals surface area contributed by atoms with E-state index in [0.29, 0.717) is 23.8 Å². The number of rotatable bonds is 6. The third-order valence-electron chi connectivity index (χ3n) is 5.68. The predicted molar refractivity (Wildman–Crippen MR) is 119 cm³/mol. The van der Waals surface area contributed by atoms with Gasteiger partial charge in [-0.3, -0.25) is 4.90 Å².